The van der Waals surface area contributed by atoms with Gasteiger partial charge in [-0.15, -0.1) is 0 Å². The topological polar surface area (TPSA) is 18.5 Å². The molecule has 0 fully saturated rings. The molecule has 0 spiro atoms. The van der Waals surface area contributed by atoms with Gasteiger partial charge < -0.3 is 9.47 Å². The normalized spacial score (nSPS) is 15.0. The Hall–Kier alpha value is -1.25. The van der Waals surface area contributed by atoms with Gasteiger partial charge in [0.25, 0.3) is 0 Å². The summed E-state index contributed by atoms with van der Waals surface area (Å²) in [5.41, 5.74) is 2.19. The number of hydrogen-bond acceptors (Lipinski definition) is 2. The average molecular weight is 264 g/mol. The summed E-state index contributed by atoms with van der Waals surface area (Å²) in [6.45, 7) is 1.13. The van der Waals surface area contributed by atoms with Crippen molar-refractivity contribution in [3.05, 3.63) is 59.0 Å². The Morgan fingerprint density at radius 1 is 1.17 bits per heavy atom. The Balaban J connectivity index is 1.83. The zero-order valence-electron chi connectivity index (χ0n) is 10.4. The van der Waals surface area contributed by atoms with Crippen LogP contribution in [0.25, 0.3) is 0 Å². The van der Waals surface area contributed by atoms with Gasteiger partial charge in [-0.2, -0.15) is 0 Å². The molecule has 0 saturated heterocycles. The lowest BCUT2D eigenvalue weighted by molar-refractivity contribution is 0.143. The second kappa shape index (κ2) is 6.62. The second-order valence-electron chi connectivity index (χ2n) is 4.06. The fraction of sp³-hybridized carbons (Fsp3) is 0.267. The molecule has 95 valence electrons. The molecule has 0 saturated carbocycles. The summed E-state index contributed by atoms with van der Waals surface area (Å²) >= 11 is 6.07. The van der Waals surface area contributed by atoms with E-state index in [-0.39, 0.29) is 0 Å². The molecule has 0 N–H and O–H groups in total. The zero-order chi connectivity index (χ0) is 12.8. The predicted molar refractivity (Wildman–Crippen MR) is 73.6 cm³/mol. The number of benzene rings is 1. The van der Waals surface area contributed by atoms with Crippen LogP contribution in [-0.4, -0.2) is 13.7 Å². The van der Waals surface area contributed by atoms with E-state index in [0.717, 1.165) is 28.3 Å². The predicted octanol–water partition coefficient (Wildman–Crippen LogP) is 3.87. The van der Waals surface area contributed by atoms with Crippen LogP contribution in [0, 0.1) is 6.42 Å². The molecule has 0 aromatic heterocycles. The summed E-state index contributed by atoms with van der Waals surface area (Å²) in [5.74, 6) is 0.857. The summed E-state index contributed by atoms with van der Waals surface area (Å²) in [5, 5.41) is 0.774. The van der Waals surface area contributed by atoms with Crippen LogP contribution in [0.5, 0.6) is 5.75 Å². The maximum absolute atomic E-state index is 6.07. The van der Waals surface area contributed by atoms with Crippen LogP contribution in [-0.2, 0) is 11.3 Å². The molecule has 1 aliphatic rings. The SMILES string of the molecule is COc1ccc(COCC2=C(Cl)C=CC[CH]2)cc1. The molecule has 1 radical (unpaired) electrons. The number of halogens is 1. The lowest BCUT2D eigenvalue weighted by atomic mass is 10.1. The van der Waals surface area contributed by atoms with Crippen LogP contribution in [0.1, 0.15) is 12.0 Å². The fourth-order valence-corrected chi connectivity index (χ4v) is 1.94. The van der Waals surface area contributed by atoms with Gasteiger partial charge in [0.05, 0.1) is 20.3 Å². The van der Waals surface area contributed by atoms with Crippen LogP contribution in [0.15, 0.2) is 47.0 Å². The lowest BCUT2D eigenvalue weighted by Crippen LogP contribution is -2.02. The van der Waals surface area contributed by atoms with Gasteiger partial charge in [-0.3, -0.25) is 0 Å². The van der Waals surface area contributed by atoms with Gasteiger partial charge in [0.1, 0.15) is 5.75 Å². The van der Waals surface area contributed by atoms with Gasteiger partial charge in [0.2, 0.25) is 0 Å². The van der Waals surface area contributed by atoms with E-state index < -0.39 is 0 Å². The first-order valence-electron chi connectivity index (χ1n) is 5.88. The highest BCUT2D eigenvalue weighted by atomic mass is 35.5. The fourth-order valence-electron chi connectivity index (χ4n) is 1.71. The monoisotopic (exact) mass is 263 g/mol. The van der Waals surface area contributed by atoms with E-state index in [4.69, 9.17) is 21.1 Å². The molecule has 1 aliphatic carbocycles. The molecule has 18 heavy (non-hydrogen) atoms. The van der Waals surface area contributed by atoms with E-state index in [9.17, 15) is 0 Å². The smallest absolute Gasteiger partial charge is 0.118 e. The standard InChI is InChI=1S/C15H16ClO2/c1-17-14-8-6-12(7-9-14)10-18-11-13-4-2-3-5-15(13)16/h3-9H,2,10-11H2,1H3. The third-order valence-corrected chi connectivity index (χ3v) is 3.13. The molecular weight excluding hydrogens is 248 g/mol. The molecule has 1 aromatic rings. The van der Waals surface area contributed by atoms with E-state index in [1.807, 2.05) is 36.4 Å². The number of allylic oxidation sites excluding steroid dienone is 3. The van der Waals surface area contributed by atoms with Crippen molar-refractivity contribution in [2.75, 3.05) is 13.7 Å². The van der Waals surface area contributed by atoms with Crippen molar-refractivity contribution in [2.45, 2.75) is 13.0 Å². The second-order valence-corrected chi connectivity index (χ2v) is 4.46. The van der Waals surface area contributed by atoms with Crippen LogP contribution < -0.4 is 4.74 Å². The minimum absolute atomic E-state index is 0.551. The lowest BCUT2D eigenvalue weighted by Gasteiger charge is -2.12. The molecular formula is C15H16ClO2. The minimum atomic E-state index is 0.551. The number of methoxy groups -OCH3 is 1. The Bertz CT molecular complexity index is 446. The van der Waals surface area contributed by atoms with E-state index in [1.54, 1.807) is 7.11 Å². The summed E-state index contributed by atoms with van der Waals surface area (Å²) in [7, 11) is 1.66. The van der Waals surface area contributed by atoms with E-state index in [0.29, 0.717) is 13.2 Å². The first kappa shape index (κ1) is 13.2. The van der Waals surface area contributed by atoms with Crippen molar-refractivity contribution in [1.82, 2.24) is 0 Å². The van der Waals surface area contributed by atoms with Gasteiger partial charge in [0.15, 0.2) is 0 Å². The number of ether oxygens (including phenoxy) is 2. The highest BCUT2D eigenvalue weighted by Gasteiger charge is 2.07. The first-order chi connectivity index (χ1) is 8.79. The zero-order valence-corrected chi connectivity index (χ0v) is 11.1. The van der Waals surface area contributed by atoms with E-state index >= 15 is 0 Å². The van der Waals surface area contributed by atoms with E-state index in [2.05, 4.69) is 6.42 Å². The maximum atomic E-state index is 6.07. The molecule has 0 aliphatic heterocycles. The summed E-state index contributed by atoms with van der Waals surface area (Å²) in [6, 6.07) is 7.86. The van der Waals surface area contributed by atoms with Gasteiger partial charge >= 0.3 is 0 Å². The average Bonchev–Trinajstić information content (AvgIpc) is 2.42. The van der Waals surface area contributed by atoms with Crippen molar-refractivity contribution in [3.8, 4) is 5.75 Å². The van der Waals surface area contributed by atoms with Crippen molar-refractivity contribution in [2.24, 2.45) is 0 Å². The third-order valence-electron chi connectivity index (χ3n) is 2.76. The van der Waals surface area contributed by atoms with E-state index in [1.165, 1.54) is 0 Å². The molecule has 0 unspecified atom stereocenters. The Morgan fingerprint density at radius 2 is 1.94 bits per heavy atom. The highest BCUT2D eigenvalue weighted by molar-refractivity contribution is 6.31. The summed E-state index contributed by atoms with van der Waals surface area (Å²) < 4.78 is 10.8. The van der Waals surface area contributed by atoms with Crippen molar-refractivity contribution in [3.63, 3.8) is 0 Å². The molecule has 2 rings (SSSR count). The minimum Gasteiger partial charge on any atom is -0.497 e. The number of rotatable bonds is 5. The van der Waals surface area contributed by atoms with Gasteiger partial charge in [-0.25, -0.2) is 0 Å². The maximum Gasteiger partial charge on any atom is 0.118 e. The third kappa shape index (κ3) is 3.62. The van der Waals surface area contributed by atoms with Crippen LogP contribution in [0.4, 0.5) is 0 Å². The molecule has 0 heterocycles. The quantitative estimate of drug-likeness (QED) is 0.803. The highest BCUT2D eigenvalue weighted by Crippen LogP contribution is 2.21. The van der Waals surface area contributed by atoms with Gasteiger partial charge in [-0.1, -0.05) is 29.8 Å². The van der Waals surface area contributed by atoms with Crippen LogP contribution in [0.2, 0.25) is 0 Å². The summed E-state index contributed by atoms with van der Waals surface area (Å²) in [4.78, 5) is 0. The molecule has 1 aromatic carbocycles. The molecule has 0 bridgehead atoms. The van der Waals surface area contributed by atoms with Crippen LogP contribution >= 0.6 is 11.6 Å². The van der Waals surface area contributed by atoms with Crippen LogP contribution in [0.3, 0.4) is 0 Å². The largest absolute Gasteiger partial charge is 0.497 e. The van der Waals surface area contributed by atoms with Gasteiger partial charge in [0, 0.05) is 5.03 Å². The Labute approximate surface area is 113 Å². The Kier molecular flexibility index (Phi) is 4.85. The van der Waals surface area contributed by atoms with Gasteiger partial charge in [-0.05, 0) is 42.2 Å². The molecule has 0 amide bonds. The molecule has 2 nitrogen and oxygen atoms in total. The Morgan fingerprint density at radius 3 is 2.61 bits per heavy atom. The first-order valence-corrected chi connectivity index (χ1v) is 6.26. The van der Waals surface area contributed by atoms with Crippen molar-refractivity contribution in [1.29, 1.82) is 0 Å². The molecule has 0 atom stereocenters. The summed E-state index contributed by atoms with van der Waals surface area (Å²) in [6.07, 6.45) is 6.98. The van der Waals surface area contributed by atoms with Crippen molar-refractivity contribution < 1.29 is 9.47 Å². The number of hydrogen-bond donors (Lipinski definition) is 0. The molecule has 3 heteroatoms. The van der Waals surface area contributed by atoms with Crippen molar-refractivity contribution >= 4 is 11.6 Å².